The zero-order chi connectivity index (χ0) is 13.0. The summed E-state index contributed by atoms with van der Waals surface area (Å²) in [6, 6.07) is 21.4. The smallest absolute Gasteiger partial charge is 0.0105 e. The van der Waals surface area contributed by atoms with Crippen molar-refractivity contribution in [3.8, 4) is 0 Å². The Balaban J connectivity index is 0.000000267. The van der Waals surface area contributed by atoms with Gasteiger partial charge in [0, 0.05) is 0 Å². The summed E-state index contributed by atoms with van der Waals surface area (Å²) in [6.45, 7) is 0. The van der Waals surface area contributed by atoms with Crippen molar-refractivity contribution in [2.45, 2.75) is 0 Å². The van der Waals surface area contributed by atoms with E-state index in [0.717, 1.165) is 0 Å². The number of benzene rings is 3. The van der Waals surface area contributed by atoms with Gasteiger partial charge in [0.15, 0.2) is 0 Å². The Bertz CT molecular complexity index is 583. The maximum Gasteiger partial charge on any atom is -0.0105 e. The molecule has 0 fully saturated rings. The molecule has 92 valence electrons. The summed E-state index contributed by atoms with van der Waals surface area (Å²) < 4.78 is 0. The molecule has 0 aliphatic heterocycles. The van der Waals surface area contributed by atoms with Crippen molar-refractivity contribution in [3.63, 3.8) is 0 Å². The van der Waals surface area contributed by atoms with Crippen molar-refractivity contribution in [3.05, 3.63) is 60.7 Å². The van der Waals surface area contributed by atoms with Crippen molar-refractivity contribution >= 4 is 21.5 Å². The molecule has 0 bridgehead atoms. The molecule has 0 aromatic heterocycles. The minimum atomic E-state index is 1.31. The lowest BCUT2D eigenvalue weighted by Crippen LogP contribution is -1.99. The van der Waals surface area contributed by atoms with Crippen LogP contribution in [0.1, 0.15) is 0 Å². The Kier molecular flexibility index (Phi) is 3.96. The molecule has 0 spiro atoms. The minimum Gasteiger partial charge on any atom is -0.312 e. The van der Waals surface area contributed by atoms with E-state index in [1.165, 1.54) is 21.5 Å². The van der Waals surface area contributed by atoms with Crippen molar-refractivity contribution in [1.82, 2.24) is 4.90 Å². The maximum atomic E-state index is 2.18. The van der Waals surface area contributed by atoms with E-state index in [0.29, 0.717) is 0 Å². The predicted octanol–water partition coefficient (Wildman–Crippen LogP) is 4.17. The van der Waals surface area contributed by atoms with E-state index in [9.17, 15) is 0 Å². The van der Waals surface area contributed by atoms with E-state index < -0.39 is 0 Å². The van der Waals surface area contributed by atoms with Crippen LogP contribution in [0.5, 0.6) is 0 Å². The summed E-state index contributed by atoms with van der Waals surface area (Å²) in [6.07, 6.45) is 0. The standard InChI is InChI=1S/C14H10.C3H9N/c1-3-7-13-11(5-1)9-10-12-6-2-4-8-14(12)13;1-4(2)3/h1-10H;1-3H3. The fraction of sp³-hybridized carbons (Fsp3) is 0.176. The second kappa shape index (κ2) is 5.65. The fourth-order valence-electron chi connectivity index (χ4n) is 1.95. The largest absolute Gasteiger partial charge is 0.312 e. The van der Waals surface area contributed by atoms with Gasteiger partial charge in [-0.3, -0.25) is 0 Å². The molecule has 0 saturated carbocycles. The second-order valence-corrected chi connectivity index (χ2v) is 4.85. The number of hydrogen-bond donors (Lipinski definition) is 0. The van der Waals surface area contributed by atoms with Crippen LogP contribution in [0.4, 0.5) is 0 Å². The molecule has 3 aromatic rings. The first kappa shape index (κ1) is 12.6. The number of rotatable bonds is 0. The van der Waals surface area contributed by atoms with Crippen LogP contribution in [0.15, 0.2) is 60.7 Å². The van der Waals surface area contributed by atoms with Crippen LogP contribution in [0, 0.1) is 0 Å². The normalized spacial score (nSPS) is 10.4. The third kappa shape index (κ3) is 2.88. The molecule has 0 saturated heterocycles. The van der Waals surface area contributed by atoms with Gasteiger partial charge in [-0.2, -0.15) is 0 Å². The molecule has 0 amide bonds. The summed E-state index contributed by atoms with van der Waals surface area (Å²) in [7, 11) is 6.00. The number of fused-ring (bicyclic) bond motifs is 3. The Morgan fingerprint density at radius 3 is 1.28 bits per heavy atom. The zero-order valence-corrected chi connectivity index (χ0v) is 11.2. The highest BCUT2D eigenvalue weighted by Crippen LogP contribution is 2.24. The molecule has 0 unspecified atom stereocenters. The average molecular weight is 237 g/mol. The van der Waals surface area contributed by atoms with E-state index in [4.69, 9.17) is 0 Å². The summed E-state index contributed by atoms with van der Waals surface area (Å²) in [5.74, 6) is 0. The second-order valence-electron chi connectivity index (χ2n) is 4.85. The van der Waals surface area contributed by atoms with E-state index in [2.05, 4.69) is 60.7 Å². The van der Waals surface area contributed by atoms with Gasteiger partial charge >= 0.3 is 0 Å². The number of nitrogens with zero attached hydrogens (tertiary/aromatic N) is 1. The van der Waals surface area contributed by atoms with Crippen LogP contribution in [0.2, 0.25) is 0 Å². The third-order valence-corrected chi connectivity index (χ3v) is 2.65. The molecule has 0 radical (unpaired) electrons. The highest BCUT2D eigenvalue weighted by atomic mass is 15.0. The molecule has 1 heteroatoms. The van der Waals surface area contributed by atoms with Gasteiger partial charge in [0.2, 0.25) is 0 Å². The molecular weight excluding hydrogens is 218 g/mol. The summed E-state index contributed by atoms with van der Waals surface area (Å²) >= 11 is 0. The van der Waals surface area contributed by atoms with Crippen LogP contribution in [-0.4, -0.2) is 26.0 Å². The molecule has 0 N–H and O–H groups in total. The number of hydrogen-bond acceptors (Lipinski definition) is 1. The molecule has 0 heterocycles. The van der Waals surface area contributed by atoms with Crippen LogP contribution in [0.3, 0.4) is 0 Å². The first-order chi connectivity index (χ1) is 8.68. The highest BCUT2D eigenvalue weighted by molar-refractivity contribution is 6.07. The van der Waals surface area contributed by atoms with E-state index in [-0.39, 0.29) is 0 Å². The molecule has 0 atom stereocenters. The quantitative estimate of drug-likeness (QED) is 0.530. The van der Waals surface area contributed by atoms with Gasteiger partial charge in [0.1, 0.15) is 0 Å². The Morgan fingerprint density at radius 1 is 0.556 bits per heavy atom. The van der Waals surface area contributed by atoms with Gasteiger partial charge < -0.3 is 4.90 Å². The first-order valence-electron chi connectivity index (χ1n) is 6.16. The lowest BCUT2D eigenvalue weighted by atomic mass is 10.0. The monoisotopic (exact) mass is 237 g/mol. The molecule has 1 nitrogen and oxygen atoms in total. The van der Waals surface area contributed by atoms with Gasteiger partial charge in [0.05, 0.1) is 0 Å². The van der Waals surface area contributed by atoms with Gasteiger partial charge in [-0.15, -0.1) is 0 Å². The highest BCUT2D eigenvalue weighted by Gasteiger charge is 1.97. The van der Waals surface area contributed by atoms with E-state index >= 15 is 0 Å². The lowest BCUT2D eigenvalue weighted by molar-refractivity contribution is 0.505. The van der Waals surface area contributed by atoms with Crippen molar-refractivity contribution in [2.24, 2.45) is 0 Å². The minimum absolute atomic E-state index is 1.31. The third-order valence-electron chi connectivity index (χ3n) is 2.65. The van der Waals surface area contributed by atoms with Crippen LogP contribution in [-0.2, 0) is 0 Å². The Morgan fingerprint density at radius 2 is 0.889 bits per heavy atom. The fourth-order valence-corrected chi connectivity index (χ4v) is 1.95. The zero-order valence-electron chi connectivity index (χ0n) is 11.2. The predicted molar refractivity (Wildman–Crippen MR) is 81.1 cm³/mol. The van der Waals surface area contributed by atoms with Gasteiger partial charge in [-0.1, -0.05) is 60.7 Å². The summed E-state index contributed by atoms with van der Waals surface area (Å²) in [4.78, 5) is 2.00. The lowest BCUT2D eigenvalue weighted by Gasteiger charge is -2.02. The van der Waals surface area contributed by atoms with Crippen molar-refractivity contribution in [2.75, 3.05) is 21.1 Å². The van der Waals surface area contributed by atoms with Crippen molar-refractivity contribution < 1.29 is 0 Å². The molecule has 3 aromatic carbocycles. The molecular formula is C17H19N. The van der Waals surface area contributed by atoms with Gasteiger partial charge in [-0.05, 0) is 42.7 Å². The SMILES string of the molecule is CN(C)C.c1ccc2c(c1)ccc1ccccc12. The summed E-state index contributed by atoms with van der Waals surface area (Å²) in [5, 5.41) is 5.30. The maximum absolute atomic E-state index is 2.18. The average Bonchev–Trinajstić information content (AvgIpc) is 2.38. The van der Waals surface area contributed by atoms with Crippen LogP contribution < -0.4 is 0 Å². The Labute approximate surface area is 109 Å². The van der Waals surface area contributed by atoms with Gasteiger partial charge in [0.25, 0.3) is 0 Å². The molecule has 0 aliphatic carbocycles. The first-order valence-corrected chi connectivity index (χ1v) is 6.16. The molecule has 18 heavy (non-hydrogen) atoms. The van der Waals surface area contributed by atoms with Crippen LogP contribution in [0.25, 0.3) is 21.5 Å². The molecule has 0 aliphatic rings. The summed E-state index contributed by atoms with van der Waals surface area (Å²) in [5.41, 5.74) is 0. The Hall–Kier alpha value is -1.86. The topological polar surface area (TPSA) is 3.24 Å². The van der Waals surface area contributed by atoms with Gasteiger partial charge in [-0.25, -0.2) is 0 Å². The molecule has 3 rings (SSSR count). The van der Waals surface area contributed by atoms with Crippen molar-refractivity contribution in [1.29, 1.82) is 0 Å². The van der Waals surface area contributed by atoms with Crippen LogP contribution >= 0.6 is 0 Å². The van der Waals surface area contributed by atoms with E-state index in [1.54, 1.807) is 0 Å². The van der Waals surface area contributed by atoms with E-state index in [1.807, 2.05) is 26.0 Å².